The highest BCUT2D eigenvalue weighted by Crippen LogP contribution is 2.32. The summed E-state index contributed by atoms with van der Waals surface area (Å²) >= 11 is 0. The third-order valence-electron chi connectivity index (χ3n) is 4.38. The van der Waals surface area contributed by atoms with Crippen LogP contribution < -0.4 is 0 Å². The Kier molecular flexibility index (Phi) is 4.78. The number of hydrogen-bond acceptors (Lipinski definition) is 5. The first kappa shape index (κ1) is 14.7. The van der Waals surface area contributed by atoms with Crippen LogP contribution in [0.25, 0.3) is 0 Å². The summed E-state index contributed by atoms with van der Waals surface area (Å²) in [7, 11) is 0. The largest absolute Gasteiger partial charge is 0.389 e. The summed E-state index contributed by atoms with van der Waals surface area (Å²) in [6, 6.07) is 0. The zero-order chi connectivity index (χ0) is 13.9. The Morgan fingerprint density at radius 3 is 2.26 bits per heavy atom. The summed E-state index contributed by atoms with van der Waals surface area (Å²) in [4.78, 5) is 15.0. The number of piperazine rings is 1. The topological polar surface area (TPSA) is 84.2 Å². The van der Waals surface area contributed by atoms with Gasteiger partial charge in [0.25, 0.3) is 0 Å². The van der Waals surface area contributed by atoms with Gasteiger partial charge < -0.3 is 20.2 Å². The summed E-state index contributed by atoms with van der Waals surface area (Å²) < 4.78 is 0. The van der Waals surface area contributed by atoms with Gasteiger partial charge in [0, 0.05) is 32.7 Å². The van der Waals surface area contributed by atoms with Crippen LogP contribution in [0.1, 0.15) is 25.7 Å². The lowest BCUT2D eigenvalue weighted by molar-refractivity contribution is -0.136. The number of hydrogen-bond donors (Lipinski definition) is 3. The lowest BCUT2D eigenvalue weighted by Crippen LogP contribution is -2.54. The molecule has 0 bridgehead atoms. The predicted octanol–water partition coefficient (Wildman–Crippen LogP) is -1.21. The number of carbonyl (C=O) groups is 1. The van der Waals surface area contributed by atoms with Crippen LogP contribution in [0.4, 0.5) is 0 Å². The molecule has 2 fully saturated rings. The maximum atomic E-state index is 11.3. The van der Waals surface area contributed by atoms with Gasteiger partial charge in [-0.25, -0.2) is 0 Å². The quantitative estimate of drug-likeness (QED) is 0.598. The highest BCUT2D eigenvalue weighted by atomic mass is 16.3. The zero-order valence-corrected chi connectivity index (χ0v) is 11.3. The Labute approximate surface area is 113 Å². The van der Waals surface area contributed by atoms with Crippen molar-refractivity contribution < 1.29 is 20.1 Å². The Morgan fingerprint density at radius 1 is 1.16 bits per heavy atom. The second kappa shape index (κ2) is 6.17. The van der Waals surface area contributed by atoms with Gasteiger partial charge in [-0.05, 0) is 12.8 Å². The van der Waals surface area contributed by atoms with Gasteiger partial charge >= 0.3 is 0 Å². The Balaban J connectivity index is 1.77. The third kappa shape index (κ3) is 3.45. The fourth-order valence-electron chi connectivity index (χ4n) is 3.01. The van der Waals surface area contributed by atoms with Crippen molar-refractivity contribution in [3.8, 4) is 0 Å². The monoisotopic (exact) mass is 272 g/mol. The molecule has 2 aliphatic rings. The van der Waals surface area contributed by atoms with Crippen LogP contribution in [0, 0.1) is 0 Å². The van der Waals surface area contributed by atoms with E-state index >= 15 is 0 Å². The molecule has 1 unspecified atom stereocenters. The predicted molar refractivity (Wildman–Crippen MR) is 69.5 cm³/mol. The number of amides is 1. The third-order valence-corrected chi connectivity index (χ3v) is 4.38. The van der Waals surface area contributed by atoms with Gasteiger partial charge in [0.05, 0.1) is 11.7 Å². The SMILES string of the molecule is O=C(CO)N1CCN(CC(O)C2(O)CCCC2)CC1. The van der Waals surface area contributed by atoms with Crippen molar-refractivity contribution >= 4 is 5.91 Å². The van der Waals surface area contributed by atoms with Gasteiger partial charge in [0.1, 0.15) is 6.61 Å². The van der Waals surface area contributed by atoms with Gasteiger partial charge in [-0.3, -0.25) is 9.69 Å². The molecule has 1 atom stereocenters. The zero-order valence-electron chi connectivity index (χ0n) is 11.3. The smallest absolute Gasteiger partial charge is 0.248 e. The molecular weight excluding hydrogens is 248 g/mol. The van der Waals surface area contributed by atoms with Crippen molar-refractivity contribution in [1.82, 2.24) is 9.80 Å². The van der Waals surface area contributed by atoms with E-state index in [-0.39, 0.29) is 5.91 Å². The first-order valence-electron chi connectivity index (χ1n) is 7.06. The molecule has 110 valence electrons. The van der Waals surface area contributed by atoms with E-state index in [1.54, 1.807) is 4.90 Å². The molecule has 1 aliphatic carbocycles. The van der Waals surface area contributed by atoms with E-state index in [4.69, 9.17) is 5.11 Å². The van der Waals surface area contributed by atoms with E-state index in [1.165, 1.54) is 0 Å². The maximum Gasteiger partial charge on any atom is 0.248 e. The Bertz CT molecular complexity index is 310. The van der Waals surface area contributed by atoms with Gasteiger partial charge in [0.15, 0.2) is 0 Å². The number of carbonyl (C=O) groups excluding carboxylic acids is 1. The molecule has 0 radical (unpaired) electrons. The molecule has 1 amide bonds. The van der Waals surface area contributed by atoms with Crippen molar-refractivity contribution in [2.75, 3.05) is 39.3 Å². The van der Waals surface area contributed by atoms with Crippen LogP contribution in [0.2, 0.25) is 0 Å². The lowest BCUT2D eigenvalue weighted by Gasteiger charge is -2.38. The van der Waals surface area contributed by atoms with Crippen molar-refractivity contribution in [2.24, 2.45) is 0 Å². The summed E-state index contributed by atoms with van der Waals surface area (Å²) in [5.41, 5.74) is -0.919. The molecule has 0 spiro atoms. The molecular formula is C13H24N2O4. The molecule has 6 nitrogen and oxygen atoms in total. The molecule has 0 aromatic heterocycles. The fraction of sp³-hybridized carbons (Fsp3) is 0.923. The van der Waals surface area contributed by atoms with Gasteiger partial charge in [-0.15, -0.1) is 0 Å². The molecule has 1 heterocycles. The second-order valence-electron chi connectivity index (χ2n) is 5.67. The lowest BCUT2D eigenvalue weighted by atomic mass is 9.94. The molecule has 1 saturated carbocycles. The van der Waals surface area contributed by atoms with E-state index in [0.29, 0.717) is 45.6 Å². The van der Waals surface area contributed by atoms with Gasteiger partial charge in [-0.2, -0.15) is 0 Å². The summed E-state index contributed by atoms with van der Waals surface area (Å²) in [6.07, 6.45) is 2.60. The minimum absolute atomic E-state index is 0.241. The second-order valence-corrected chi connectivity index (χ2v) is 5.67. The van der Waals surface area contributed by atoms with E-state index in [0.717, 1.165) is 12.8 Å². The Morgan fingerprint density at radius 2 is 1.74 bits per heavy atom. The van der Waals surface area contributed by atoms with Crippen LogP contribution in [-0.4, -0.2) is 82.1 Å². The average Bonchev–Trinajstić information content (AvgIpc) is 2.87. The van der Waals surface area contributed by atoms with Crippen molar-refractivity contribution in [3.05, 3.63) is 0 Å². The Hall–Kier alpha value is -0.690. The molecule has 0 aromatic carbocycles. The van der Waals surface area contributed by atoms with Gasteiger partial charge in [0.2, 0.25) is 5.91 Å². The van der Waals surface area contributed by atoms with E-state index in [2.05, 4.69) is 4.90 Å². The summed E-state index contributed by atoms with van der Waals surface area (Å²) in [5.74, 6) is -0.241. The van der Waals surface area contributed by atoms with Crippen LogP contribution in [0.15, 0.2) is 0 Å². The highest BCUT2D eigenvalue weighted by Gasteiger charge is 2.39. The number of aliphatic hydroxyl groups excluding tert-OH is 2. The normalized spacial score (nSPS) is 25.5. The first-order chi connectivity index (χ1) is 9.05. The van der Waals surface area contributed by atoms with Crippen LogP contribution >= 0.6 is 0 Å². The van der Waals surface area contributed by atoms with Crippen molar-refractivity contribution in [3.63, 3.8) is 0 Å². The number of aliphatic hydroxyl groups is 3. The average molecular weight is 272 g/mol. The first-order valence-corrected chi connectivity index (χ1v) is 7.06. The minimum atomic E-state index is -0.919. The van der Waals surface area contributed by atoms with Crippen LogP contribution in [-0.2, 0) is 4.79 Å². The standard InChI is InChI=1S/C13H24N2O4/c16-10-12(18)15-7-5-14(6-8-15)9-11(17)13(19)3-1-2-4-13/h11,16-17,19H,1-10H2. The van der Waals surface area contributed by atoms with E-state index in [9.17, 15) is 15.0 Å². The van der Waals surface area contributed by atoms with Crippen LogP contribution in [0.5, 0.6) is 0 Å². The van der Waals surface area contributed by atoms with Crippen molar-refractivity contribution in [2.45, 2.75) is 37.4 Å². The van der Waals surface area contributed by atoms with Gasteiger partial charge in [-0.1, -0.05) is 12.8 Å². The number of β-amino-alcohol motifs (C(OH)–C–C–N with tert-alkyl or cyclic N) is 1. The van der Waals surface area contributed by atoms with E-state index < -0.39 is 18.3 Å². The molecule has 19 heavy (non-hydrogen) atoms. The minimum Gasteiger partial charge on any atom is -0.389 e. The highest BCUT2D eigenvalue weighted by molar-refractivity contribution is 5.77. The summed E-state index contributed by atoms with van der Waals surface area (Å²) in [6.45, 7) is 2.52. The molecule has 6 heteroatoms. The molecule has 1 saturated heterocycles. The van der Waals surface area contributed by atoms with Crippen LogP contribution in [0.3, 0.4) is 0 Å². The molecule has 3 N–H and O–H groups in total. The van der Waals surface area contributed by atoms with Crippen molar-refractivity contribution in [1.29, 1.82) is 0 Å². The fourth-order valence-corrected chi connectivity index (χ4v) is 3.01. The van der Waals surface area contributed by atoms with E-state index in [1.807, 2.05) is 0 Å². The maximum absolute atomic E-state index is 11.3. The number of nitrogens with zero attached hydrogens (tertiary/aromatic N) is 2. The molecule has 0 aromatic rings. The number of rotatable bonds is 4. The molecule has 2 rings (SSSR count). The molecule has 1 aliphatic heterocycles. The summed E-state index contributed by atoms with van der Waals surface area (Å²) in [5, 5.41) is 29.3.